The van der Waals surface area contributed by atoms with Gasteiger partial charge in [-0.2, -0.15) is 0 Å². The first-order chi connectivity index (χ1) is 15.7. The molecule has 0 aliphatic carbocycles. The van der Waals surface area contributed by atoms with E-state index in [4.69, 9.17) is 11.5 Å². The van der Waals surface area contributed by atoms with E-state index < -0.39 is 48.1 Å². The molecule has 3 unspecified atom stereocenters. The quantitative estimate of drug-likeness (QED) is 0.252. The van der Waals surface area contributed by atoms with Crippen molar-refractivity contribution in [1.82, 2.24) is 20.9 Å². The zero-order chi connectivity index (χ0) is 24.0. The standard InChI is InChI=1S/C21H25N7O5/c22-17-13(18(30)28-21(23)27-17)9-16(29)25-12-6-7-14(24-10-12)19(31)26-15(20(32)33)8-11-4-2-1-3-5-11/h1-7,10,13,15,17,21,27H,8-9,22-23H2,(H,25,29)(H,26,31)(H,28,30)(H,32,33)/t13?,15-,17?,21?/m0/s1. The van der Waals surface area contributed by atoms with Crippen LogP contribution < -0.4 is 32.7 Å². The molecule has 1 aliphatic heterocycles. The number of nitrogens with one attached hydrogen (secondary N) is 4. The molecule has 4 atom stereocenters. The molecule has 1 aromatic carbocycles. The summed E-state index contributed by atoms with van der Waals surface area (Å²) in [4.78, 5) is 52.2. The van der Waals surface area contributed by atoms with Gasteiger partial charge < -0.3 is 26.8 Å². The summed E-state index contributed by atoms with van der Waals surface area (Å²) in [6.07, 6.45) is -0.360. The van der Waals surface area contributed by atoms with Gasteiger partial charge in [-0.05, 0) is 17.7 Å². The minimum absolute atomic E-state index is 0.0146. The minimum Gasteiger partial charge on any atom is -0.480 e. The first kappa shape index (κ1) is 23.8. The van der Waals surface area contributed by atoms with Crippen molar-refractivity contribution in [3.05, 3.63) is 59.9 Å². The number of hydrogen-bond donors (Lipinski definition) is 7. The van der Waals surface area contributed by atoms with E-state index in [9.17, 15) is 24.3 Å². The SMILES string of the molecule is NC1NC(=O)C(CC(=O)Nc2ccc(C(=O)N[C@@H](Cc3ccccc3)C(=O)O)nc2)C(N)N1. The van der Waals surface area contributed by atoms with Gasteiger partial charge >= 0.3 is 5.97 Å². The summed E-state index contributed by atoms with van der Waals surface area (Å²) in [6, 6.07) is 10.6. The van der Waals surface area contributed by atoms with Crippen LogP contribution >= 0.6 is 0 Å². The summed E-state index contributed by atoms with van der Waals surface area (Å²) in [6.45, 7) is 0. The van der Waals surface area contributed by atoms with E-state index in [1.54, 1.807) is 24.3 Å². The van der Waals surface area contributed by atoms with Gasteiger partial charge in [0.25, 0.3) is 5.91 Å². The monoisotopic (exact) mass is 455 g/mol. The number of hydrogen-bond acceptors (Lipinski definition) is 8. The molecule has 1 aromatic heterocycles. The van der Waals surface area contributed by atoms with Gasteiger partial charge in [0.1, 0.15) is 18.0 Å². The molecule has 12 nitrogen and oxygen atoms in total. The Morgan fingerprint density at radius 1 is 1.12 bits per heavy atom. The van der Waals surface area contributed by atoms with Crippen LogP contribution in [0.25, 0.3) is 0 Å². The summed E-state index contributed by atoms with van der Waals surface area (Å²) in [7, 11) is 0. The fraction of sp³-hybridized carbons (Fsp3) is 0.286. The second kappa shape index (κ2) is 10.6. The fourth-order valence-electron chi connectivity index (χ4n) is 3.30. The fourth-order valence-corrected chi connectivity index (χ4v) is 3.30. The van der Waals surface area contributed by atoms with Crippen LogP contribution in [-0.2, 0) is 20.8 Å². The Bertz CT molecular complexity index is 1020. The normalized spacial score (nSPS) is 20.9. The molecule has 1 aliphatic rings. The lowest BCUT2D eigenvalue weighted by molar-refractivity contribution is -0.139. The van der Waals surface area contributed by atoms with Crippen LogP contribution in [0, 0.1) is 5.92 Å². The Hall–Kier alpha value is -3.87. The van der Waals surface area contributed by atoms with Crippen LogP contribution in [0.4, 0.5) is 5.69 Å². The van der Waals surface area contributed by atoms with Gasteiger partial charge in [-0.3, -0.25) is 25.4 Å². The minimum atomic E-state index is -1.17. The maximum atomic E-state index is 12.4. The van der Waals surface area contributed by atoms with Gasteiger partial charge in [0.15, 0.2) is 0 Å². The third-order valence-corrected chi connectivity index (χ3v) is 5.01. The Morgan fingerprint density at radius 3 is 2.45 bits per heavy atom. The number of nitrogens with zero attached hydrogens (tertiary/aromatic N) is 1. The van der Waals surface area contributed by atoms with Crippen molar-refractivity contribution >= 4 is 29.4 Å². The van der Waals surface area contributed by atoms with E-state index in [1.807, 2.05) is 6.07 Å². The Kier molecular flexibility index (Phi) is 7.66. The number of anilines is 1. The van der Waals surface area contributed by atoms with Gasteiger partial charge in [0.2, 0.25) is 11.8 Å². The number of rotatable bonds is 8. The Labute approximate surface area is 189 Å². The van der Waals surface area contributed by atoms with Crippen molar-refractivity contribution in [3.8, 4) is 0 Å². The van der Waals surface area contributed by atoms with Gasteiger partial charge in [-0.15, -0.1) is 0 Å². The smallest absolute Gasteiger partial charge is 0.326 e. The van der Waals surface area contributed by atoms with Crippen molar-refractivity contribution in [2.45, 2.75) is 31.3 Å². The molecule has 1 saturated heterocycles. The molecule has 174 valence electrons. The van der Waals surface area contributed by atoms with Crippen molar-refractivity contribution < 1.29 is 24.3 Å². The van der Waals surface area contributed by atoms with Gasteiger partial charge in [-0.25, -0.2) is 9.78 Å². The van der Waals surface area contributed by atoms with Crippen LogP contribution in [0.5, 0.6) is 0 Å². The largest absolute Gasteiger partial charge is 0.480 e. The van der Waals surface area contributed by atoms with E-state index in [2.05, 4.69) is 26.3 Å². The first-order valence-corrected chi connectivity index (χ1v) is 10.1. The number of benzene rings is 1. The molecule has 3 rings (SSSR count). The number of carbonyl (C=O) groups excluding carboxylic acids is 3. The van der Waals surface area contributed by atoms with Crippen molar-refractivity contribution in [2.75, 3.05) is 5.32 Å². The first-order valence-electron chi connectivity index (χ1n) is 10.1. The number of carboxylic acids is 1. The van der Waals surface area contributed by atoms with E-state index in [1.165, 1.54) is 18.3 Å². The molecule has 9 N–H and O–H groups in total. The molecule has 0 saturated carbocycles. The Morgan fingerprint density at radius 2 is 1.85 bits per heavy atom. The molecular formula is C21H25N7O5. The lowest BCUT2D eigenvalue weighted by Gasteiger charge is -2.33. The van der Waals surface area contributed by atoms with Crippen LogP contribution in [0.3, 0.4) is 0 Å². The average molecular weight is 455 g/mol. The highest BCUT2D eigenvalue weighted by atomic mass is 16.4. The number of amides is 3. The summed E-state index contributed by atoms with van der Waals surface area (Å²) < 4.78 is 0. The highest BCUT2D eigenvalue weighted by Crippen LogP contribution is 2.13. The average Bonchev–Trinajstić information content (AvgIpc) is 2.77. The third-order valence-electron chi connectivity index (χ3n) is 5.01. The highest BCUT2D eigenvalue weighted by Gasteiger charge is 2.34. The summed E-state index contributed by atoms with van der Waals surface area (Å²) in [5, 5.41) is 19.6. The zero-order valence-electron chi connectivity index (χ0n) is 17.5. The van der Waals surface area contributed by atoms with E-state index in [0.29, 0.717) is 5.69 Å². The predicted octanol–water partition coefficient (Wildman–Crippen LogP) is -1.30. The Balaban J connectivity index is 1.56. The number of aliphatic carboxylic acids is 1. The maximum absolute atomic E-state index is 12.4. The molecule has 12 heteroatoms. The zero-order valence-corrected chi connectivity index (χ0v) is 17.5. The molecular weight excluding hydrogens is 430 g/mol. The van der Waals surface area contributed by atoms with Crippen molar-refractivity contribution in [2.24, 2.45) is 17.4 Å². The van der Waals surface area contributed by atoms with Crippen LogP contribution in [0.2, 0.25) is 0 Å². The second-order valence-corrected chi connectivity index (χ2v) is 7.52. The number of aromatic nitrogens is 1. The van der Waals surface area contributed by atoms with Gasteiger partial charge in [0, 0.05) is 12.8 Å². The molecule has 0 bridgehead atoms. The predicted molar refractivity (Wildman–Crippen MR) is 117 cm³/mol. The van der Waals surface area contributed by atoms with Crippen LogP contribution in [0.1, 0.15) is 22.5 Å². The van der Waals surface area contributed by atoms with E-state index in [0.717, 1.165) is 5.56 Å². The molecule has 2 heterocycles. The lowest BCUT2D eigenvalue weighted by Crippen LogP contribution is -2.67. The molecule has 0 radical (unpaired) electrons. The highest BCUT2D eigenvalue weighted by molar-refractivity contribution is 5.96. The van der Waals surface area contributed by atoms with Gasteiger partial charge in [-0.1, -0.05) is 30.3 Å². The maximum Gasteiger partial charge on any atom is 0.326 e. The van der Waals surface area contributed by atoms with E-state index >= 15 is 0 Å². The molecule has 2 aromatic rings. The third kappa shape index (κ3) is 6.55. The molecule has 3 amide bonds. The van der Waals surface area contributed by atoms with Crippen molar-refractivity contribution in [1.29, 1.82) is 0 Å². The van der Waals surface area contributed by atoms with Gasteiger partial charge in [0.05, 0.1) is 24.0 Å². The number of pyridine rings is 1. The summed E-state index contributed by atoms with van der Waals surface area (Å²) >= 11 is 0. The molecule has 0 spiro atoms. The molecule has 1 fully saturated rings. The number of nitrogens with two attached hydrogens (primary N) is 2. The van der Waals surface area contributed by atoms with Crippen molar-refractivity contribution in [3.63, 3.8) is 0 Å². The summed E-state index contributed by atoms with van der Waals surface area (Å²) in [5.74, 6) is -3.55. The topological polar surface area (TPSA) is 202 Å². The number of carbonyl (C=O) groups is 4. The molecule has 33 heavy (non-hydrogen) atoms. The van der Waals surface area contributed by atoms with Crippen LogP contribution in [0.15, 0.2) is 48.7 Å². The van der Waals surface area contributed by atoms with E-state index in [-0.39, 0.29) is 18.5 Å². The number of carboxylic acid groups (broad SMARTS) is 1. The summed E-state index contributed by atoms with van der Waals surface area (Å²) in [5.41, 5.74) is 12.4. The lowest BCUT2D eigenvalue weighted by atomic mass is 9.98. The van der Waals surface area contributed by atoms with Crippen LogP contribution in [-0.4, -0.2) is 52.3 Å². The second-order valence-electron chi connectivity index (χ2n) is 7.52.